The van der Waals surface area contributed by atoms with Crippen LogP contribution in [-0.2, 0) is 0 Å². The fourth-order valence-corrected chi connectivity index (χ4v) is 4.02. The third-order valence-corrected chi connectivity index (χ3v) is 5.68. The molecule has 11 heavy (non-hydrogen) atoms. The molecule has 0 radical (unpaired) electrons. The van der Waals surface area contributed by atoms with Crippen molar-refractivity contribution in [1.29, 1.82) is 0 Å². The second kappa shape index (κ2) is 4.08. The van der Waals surface area contributed by atoms with E-state index in [9.17, 15) is 0 Å². The molecule has 1 saturated heterocycles. The maximum absolute atomic E-state index is 2.41. The molecule has 1 rings (SSSR count). The molecule has 0 aliphatic carbocycles. The lowest BCUT2D eigenvalue weighted by Crippen LogP contribution is -2.12. The molecule has 0 N–H and O–H groups in total. The first-order valence-electron chi connectivity index (χ1n) is 4.48. The fourth-order valence-electron chi connectivity index (χ4n) is 1.35. The van der Waals surface area contributed by atoms with E-state index in [1.807, 2.05) is 0 Å². The van der Waals surface area contributed by atoms with Crippen LogP contribution in [0, 0.1) is 0 Å². The van der Waals surface area contributed by atoms with Crippen LogP contribution in [0.4, 0.5) is 0 Å². The molecule has 1 heterocycles. The predicted molar refractivity (Wildman–Crippen MR) is 57.7 cm³/mol. The standard InChI is InChI=1S/C9H18S2/c1-4-6-10-7-9(3)8(5-2)11-9/h8H,4-7H2,1-3H3. The highest BCUT2D eigenvalue weighted by atomic mass is 32.2. The van der Waals surface area contributed by atoms with Crippen LogP contribution in [-0.4, -0.2) is 21.5 Å². The van der Waals surface area contributed by atoms with Gasteiger partial charge in [0.05, 0.1) is 0 Å². The Bertz CT molecular complexity index is 125. The fraction of sp³-hybridized carbons (Fsp3) is 1.00. The van der Waals surface area contributed by atoms with Crippen molar-refractivity contribution < 1.29 is 0 Å². The van der Waals surface area contributed by atoms with Gasteiger partial charge in [-0.25, -0.2) is 0 Å². The van der Waals surface area contributed by atoms with E-state index in [0.29, 0.717) is 4.75 Å². The molecule has 2 atom stereocenters. The minimum Gasteiger partial charge on any atom is -0.161 e. The minimum atomic E-state index is 0.647. The smallest absolute Gasteiger partial charge is 0.0344 e. The lowest BCUT2D eigenvalue weighted by Gasteiger charge is -2.06. The second-order valence-corrected chi connectivity index (χ2v) is 6.22. The van der Waals surface area contributed by atoms with Crippen LogP contribution in [0.15, 0.2) is 0 Å². The van der Waals surface area contributed by atoms with Crippen LogP contribution in [0.5, 0.6) is 0 Å². The van der Waals surface area contributed by atoms with E-state index in [4.69, 9.17) is 0 Å². The zero-order chi connectivity index (χ0) is 8.32. The van der Waals surface area contributed by atoms with Gasteiger partial charge in [0.1, 0.15) is 0 Å². The average molecular weight is 190 g/mol. The number of thioether (sulfide) groups is 2. The Morgan fingerprint density at radius 3 is 2.64 bits per heavy atom. The van der Waals surface area contributed by atoms with Gasteiger partial charge >= 0.3 is 0 Å². The third kappa shape index (κ3) is 2.59. The molecule has 66 valence electrons. The SMILES string of the molecule is CCCSCC1(C)SC1CC. The Labute approximate surface area is 78.9 Å². The molecular weight excluding hydrogens is 172 g/mol. The first-order chi connectivity index (χ1) is 5.23. The zero-order valence-corrected chi connectivity index (χ0v) is 9.36. The van der Waals surface area contributed by atoms with Crippen molar-refractivity contribution >= 4 is 23.5 Å². The minimum absolute atomic E-state index is 0.647. The van der Waals surface area contributed by atoms with Crippen molar-refractivity contribution in [2.45, 2.75) is 43.6 Å². The molecule has 0 aromatic rings. The lowest BCUT2D eigenvalue weighted by atomic mass is 10.1. The first kappa shape index (κ1) is 9.79. The van der Waals surface area contributed by atoms with E-state index >= 15 is 0 Å². The average Bonchev–Trinajstić information content (AvgIpc) is 2.63. The highest BCUT2D eigenvalue weighted by Crippen LogP contribution is 2.56. The maximum atomic E-state index is 2.41. The lowest BCUT2D eigenvalue weighted by molar-refractivity contribution is 0.745. The Balaban J connectivity index is 2.08. The summed E-state index contributed by atoms with van der Waals surface area (Å²) in [6, 6.07) is 0. The van der Waals surface area contributed by atoms with Crippen molar-refractivity contribution in [1.82, 2.24) is 0 Å². The van der Waals surface area contributed by atoms with Crippen LogP contribution in [0.25, 0.3) is 0 Å². The summed E-state index contributed by atoms with van der Waals surface area (Å²) in [5.74, 6) is 2.70. The van der Waals surface area contributed by atoms with E-state index in [1.54, 1.807) is 0 Å². The monoisotopic (exact) mass is 190 g/mol. The Morgan fingerprint density at radius 1 is 1.45 bits per heavy atom. The zero-order valence-electron chi connectivity index (χ0n) is 7.72. The van der Waals surface area contributed by atoms with Gasteiger partial charge in [0.15, 0.2) is 0 Å². The van der Waals surface area contributed by atoms with Crippen molar-refractivity contribution in [2.75, 3.05) is 11.5 Å². The van der Waals surface area contributed by atoms with Crippen LogP contribution in [0.3, 0.4) is 0 Å². The molecule has 1 aliphatic heterocycles. The molecule has 2 unspecified atom stereocenters. The summed E-state index contributed by atoms with van der Waals surface area (Å²) in [4.78, 5) is 0. The van der Waals surface area contributed by atoms with E-state index in [0.717, 1.165) is 5.25 Å². The van der Waals surface area contributed by atoms with Gasteiger partial charge in [-0.2, -0.15) is 11.8 Å². The molecule has 1 fully saturated rings. The summed E-state index contributed by atoms with van der Waals surface area (Å²) in [7, 11) is 0. The van der Waals surface area contributed by atoms with E-state index in [1.165, 1.54) is 24.3 Å². The van der Waals surface area contributed by atoms with Gasteiger partial charge in [-0.3, -0.25) is 0 Å². The van der Waals surface area contributed by atoms with Gasteiger partial charge in [-0.05, 0) is 25.5 Å². The molecule has 0 saturated carbocycles. The molecule has 0 bridgehead atoms. The van der Waals surface area contributed by atoms with Crippen LogP contribution < -0.4 is 0 Å². The first-order valence-corrected chi connectivity index (χ1v) is 6.52. The van der Waals surface area contributed by atoms with Gasteiger partial charge in [0.2, 0.25) is 0 Å². The maximum Gasteiger partial charge on any atom is 0.0344 e. The molecule has 0 aromatic carbocycles. The molecule has 0 nitrogen and oxygen atoms in total. The topological polar surface area (TPSA) is 0 Å². The van der Waals surface area contributed by atoms with Gasteiger partial charge in [-0.15, -0.1) is 11.8 Å². The van der Waals surface area contributed by atoms with Gasteiger partial charge in [-0.1, -0.05) is 13.8 Å². The Hall–Kier alpha value is 0.700. The van der Waals surface area contributed by atoms with E-state index in [-0.39, 0.29) is 0 Å². The van der Waals surface area contributed by atoms with Crippen molar-refractivity contribution in [3.63, 3.8) is 0 Å². The molecule has 2 heteroatoms. The van der Waals surface area contributed by atoms with Crippen molar-refractivity contribution in [3.05, 3.63) is 0 Å². The Morgan fingerprint density at radius 2 is 2.18 bits per heavy atom. The summed E-state index contributed by atoms with van der Waals surface area (Å²) < 4.78 is 0.647. The number of hydrogen-bond donors (Lipinski definition) is 0. The summed E-state index contributed by atoms with van der Waals surface area (Å²) in [5, 5.41) is 0.965. The van der Waals surface area contributed by atoms with Gasteiger partial charge in [0.25, 0.3) is 0 Å². The molecule has 0 spiro atoms. The van der Waals surface area contributed by atoms with Gasteiger partial charge in [0, 0.05) is 15.7 Å². The van der Waals surface area contributed by atoms with Crippen LogP contribution in [0.1, 0.15) is 33.6 Å². The van der Waals surface area contributed by atoms with Crippen LogP contribution in [0.2, 0.25) is 0 Å². The molecule has 1 aliphatic rings. The second-order valence-electron chi connectivity index (χ2n) is 3.38. The number of hydrogen-bond acceptors (Lipinski definition) is 2. The number of rotatable bonds is 5. The summed E-state index contributed by atoms with van der Waals surface area (Å²) in [6.07, 6.45) is 2.68. The summed E-state index contributed by atoms with van der Waals surface area (Å²) in [5.41, 5.74) is 0. The normalized spacial score (nSPS) is 35.7. The molecular formula is C9H18S2. The van der Waals surface area contributed by atoms with E-state index in [2.05, 4.69) is 44.3 Å². The van der Waals surface area contributed by atoms with Crippen LogP contribution >= 0.6 is 23.5 Å². The quantitative estimate of drug-likeness (QED) is 0.481. The Kier molecular flexibility index (Phi) is 3.63. The highest BCUT2D eigenvalue weighted by Gasteiger charge is 2.49. The molecule has 0 aromatic heterocycles. The highest BCUT2D eigenvalue weighted by molar-refractivity contribution is 8.10. The summed E-state index contributed by atoms with van der Waals surface area (Å²) in [6.45, 7) is 6.97. The van der Waals surface area contributed by atoms with E-state index < -0.39 is 0 Å². The third-order valence-electron chi connectivity index (χ3n) is 2.14. The summed E-state index contributed by atoms with van der Waals surface area (Å²) >= 11 is 4.29. The predicted octanol–water partition coefficient (Wildman–Crippen LogP) is 3.41. The van der Waals surface area contributed by atoms with Crippen molar-refractivity contribution in [2.24, 2.45) is 0 Å². The van der Waals surface area contributed by atoms with Gasteiger partial charge < -0.3 is 0 Å². The van der Waals surface area contributed by atoms with Crippen molar-refractivity contribution in [3.8, 4) is 0 Å². The molecule has 0 amide bonds. The largest absolute Gasteiger partial charge is 0.161 e.